The lowest BCUT2D eigenvalue weighted by Gasteiger charge is -2.31. The lowest BCUT2D eigenvalue weighted by molar-refractivity contribution is -0.263. The Morgan fingerprint density at radius 2 is 1.53 bits per heavy atom. The number of halogens is 3. The van der Waals surface area contributed by atoms with E-state index in [-0.39, 0.29) is 23.5 Å². The van der Waals surface area contributed by atoms with Crippen LogP contribution in [0.4, 0.5) is 13.2 Å². The van der Waals surface area contributed by atoms with Gasteiger partial charge in [0.05, 0.1) is 11.4 Å². The topological polar surface area (TPSA) is 86.7 Å². The molecular weight excluding hydrogens is 421 g/mol. The van der Waals surface area contributed by atoms with E-state index >= 15 is 0 Å². The van der Waals surface area contributed by atoms with Crippen molar-refractivity contribution in [3.05, 3.63) is 65.7 Å². The summed E-state index contributed by atoms with van der Waals surface area (Å²) in [7, 11) is -3.72. The van der Waals surface area contributed by atoms with Gasteiger partial charge in [-0.1, -0.05) is 44.2 Å². The number of sulfonamides is 1. The fourth-order valence-corrected chi connectivity index (χ4v) is 4.34. The molecule has 30 heavy (non-hydrogen) atoms. The summed E-state index contributed by atoms with van der Waals surface area (Å²) in [6.45, 7) is 2.83. The van der Waals surface area contributed by atoms with Gasteiger partial charge in [0.15, 0.2) is 0 Å². The van der Waals surface area contributed by atoms with Crippen LogP contribution < -0.4 is 5.32 Å². The number of alkyl halides is 3. The van der Waals surface area contributed by atoms with E-state index in [0.717, 1.165) is 12.1 Å². The minimum absolute atomic E-state index is 0.0289. The predicted molar refractivity (Wildman–Crippen MR) is 105 cm³/mol. The maximum Gasteiger partial charge on any atom is 0.423 e. The highest BCUT2D eigenvalue weighted by Gasteiger charge is 2.55. The van der Waals surface area contributed by atoms with Gasteiger partial charge in [0.25, 0.3) is 5.91 Å². The van der Waals surface area contributed by atoms with Crippen LogP contribution in [-0.2, 0) is 15.6 Å². The van der Waals surface area contributed by atoms with Crippen molar-refractivity contribution >= 4 is 15.9 Å². The molecule has 0 spiro atoms. The monoisotopic (exact) mass is 444 g/mol. The molecule has 0 radical (unpaired) electrons. The van der Waals surface area contributed by atoms with Gasteiger partial charge in [-0.3, -0.25) is 4.79 Å². The van der Waals surface area contributed by atoms with Gasteiger partial charge >= 0.3 is 6.18 Å². The van der Waals surface area contributed by atoms with Gasteiger partial charge in [0.1, 0.15) is 0 Å². The number of carbonyl (C=O) groups is 1. The maximum atomic E-state index is 13.5. The fraction of sp³-hybridized carbons (Fsp3) is 0.350. The first-order chi connectivity index (χ1) is 14.0. The molecule has 0 aliphatic carbocycles. The fourth-order valence-electron chi connectivity index (χ4n) is 2.88. The van der Waals surface area contributed by atoms with Crippen molar-refractivity contribution in [2.24, 2.45) is 0 Å². The lowest BCUT2D eigenvalue weighted by Crippen LogP contribution is -2.51. The van der Waals surface area contributed by atoms with Gasteiger partial charge in [-0.25, -0.2) is 8.42 Å². The van der Waals surface area contributed by atoms with Crippen LogP contribution in [0.3, 0.4) is 0 Å². The molecule has 0 aliphatic rings. The standard InChI is InChI=1S/C20H23F3N2O4S/c1-3-25(4-2)30(28,29)17-12-10-15(11-13-17)18(26)24-14-19(27,20(21,22)23)16-8-6-5-7-9-16/h5-13,27H,3-4,14H2,1-2H3,(H,24,26). The molecule has 2 aromatic carbocycles. The molecule has 1 atom stereocenters. The number of hydrogen-bond acceptors (Lipinski definition) is 4. The van der Waals surface area contributed by atoms with E-state index in [9.17, 15) is 31.5 Å². The summed E-state index contributed by atoms with van der Waals surface area (Å²) in [6.07, 6.45) is -5.02. The van der Waals surface area contributed by atoms with E-state index in [0.29, 0.717) is 0 Å². The Balaban J connectivity index is 2.20. The summed E-state index contributed by atoms with van der Waals surface area (Å²) in [5.74, 6) is -0.875. The number of nitrogens with one attached hydrogen (secondary N) is 1. The highest BCUT2D eigenvalue weighted by atomic mass is 32.2. The van der Waals surface area contributed by atoms with Crippen molar-refractivity contribution < 1.29 is 31.5 Å². The van der Waals surface area contributed by atoms with Crippen LogP contribution >= 0.6 is 0 Å². The number of carbonyl (C=O) groups excluding carboxylic acids is 1. The highest BCUT2D eigenvalue weighted by Crippen LogP contribution is 2.38. The van der Waals surface area contributed by atoms with Crippen molar-refractivity contribution in [1.29, 1.82) is 0 Å². The van der Waals surface area contributed by atoms with Crippen LogP contribution in [0.15, 0.2) is 59.5 Å². The number of aliphatic hydroxyl groups is 1. The lowest BCUT2D eigenvalue weighted by atomic mass is 9.93. The predicted octanol–water partition coefficient (Wildman–Crippen LogP) is 2.90. The Bertz CT molecular complexity index is 960. The van der Waals surface area contributed by atoms with Gasteiger partial charge in [-0.05, 0) is 29.8 Å². The first-order valence-corrected chi connectivity index (χ1v) is 10.6. The molecule has 2 N–H and O–H groups in total. The summed E-state index contributed by atoms with van der Waals surface area (Å²) in [4.78, 5) is 12.3. The van der Waals surface area contributed by atoms with Crippen molar-refractivity contribution in [3.8, 4) is 0 Å². The molecule has 164 valence electrons. The molecule has 10 heteroatoms. The van der Waals surface area contributed by atoms with E-state index in [4.69, 9.17) is 0 Å². The second-order valence-corrected chi connectivity index (χ2v) is 8.46. The number of rotatable bonds is 8. The molecule has 0 saturated carbocycles. The Morgan fingerprint density at radius 3 is 2.00 bits per heavy atom. The Morgan fingerprint density at radius 1 is 1.00 bits per heavy atom. The minimum atomic E-state index is -5.02. The van der Waals surface area contributed by atoms with Crippen LogP contribution in [0.1, 0.15) is 29.8 Å². The Kier molecular flexibility index (Phi) is 7.27. The van der Waals surface area contributed by atoms with Crippen molar-refractivity contribution in [2.45, 2.75) is 30.5 Å². The van der Waals surface area contributed by atoms with E-state index in [2.05, 4.69) is 5.32 Å². The first kappa shape index (κ1) is 23.8. The van der Waals surface area contributed by atoms with Gasteiger partial charge in [0.2, 0.25) is 15.6 Å². The SMILES string of the molecule is CCN(CC)S(=O)(=O)c1ccc(C(=O)NCC(O)(c2ccccc2)C(F)(F)F)cc1. The third-order valence-electron chi connectivity index (χ3n) is 4.68. The molecule has 0 bridgehead atoms. The largest absolute Gasteiger partial charge is 0.423 e. The molecule has 1 unspecified atom stereocenters. The van der Waals surface area contributed by atoms with Gasteiger partial charge in [0, 0.05) is 18.7 Å². The molecule has 6 nitrogen and oxygen atoms in total. The average Bonchev–Trinajstić information content (AvgIpc) is 2.72. The quantitative estimate of drug-likeness (QED) is 0.656. The van der Waals surface area contributed by atoms with E-state index in [1.807, 2.05) is 0 Å². The molecule has 0 aromatic heterocycles. The van der Waals surface area contributed by atoms with E-state index in [1.54, 1.807) is 13.8 Å². The molecule has 2 rings (SSSR count). The average molecular weight is 444 g/mol. The van der Waals surface area contributed by atoms with Crippen LogP contribution in [0, 0.1) is 0 Å². The second-order valence-electron chi connectivity index (χ2n) is 6.52. The van der Waals surface area contributed by atoms with Crippen molar-refractivity contribution in [1.82, 2.24) is 9.62 Å². The molecule has 0 fully saturated rings. The zero-order valence-electron chi connectivity index (χ0n) is 16.5. The highest BCUT2D eigenvalue weighted by molar-refractivity contribution is 7.89. The van der Waals surface area contributed by atoms with Crippen LogP contribution in [0.2, 0.25) is 0 Å². The van der Waals surface area contributed by atoms with Crippen LogP contribution in [0.25, 0.3) is 0 Å². The smallest absolute Gasteiger partial charge is 0.375 e. The maximum absolute atomic E-state index is 13.5. The van der Waals surface area contributed by atoms with Crippen LogP contribution in [0.5, 0.6) is 0 Å². The molecule has 1 amide bonds. The van der Waals surface area contributed by atoms with Gasteiger partial charge in [-0.15, -0.1) is 0 Å². The minimum Gasteiger partial charge on any atom is -0.375 e. The third-order valence-corrected chi connectivity index (χ3v) is 6.75. The van der Waals surface area contributed by atoms with E-state index in [1.165, 1.54) is 46.8 Å². The third kappa shape index (κ3) is 4.82. The van der Waals surface area contributed by atoms with Gasteiger partial charge in [-0.2, -0.15) is 17.5 Å². The van der Waals surface area contributed by atoms with Crippen molar-refractivity contribution in [2.75, 3.05) is 19.6 Å². The number of amides is 1. The van der Waals surface area contributed by atoms with Gasteiger partial charge < -0.3 is 10.4 Å². The molecule has 2 aromatic rings. The summed E-state index contributed by atoms with van der Waals surface area (Å²) in [5, 5.41) is 12.3. The number of hydrogen-bond donors (Lipinski definition) is 2. The Hall–Kier alpha value is -2.43. The normalized spacial score (nSPS) is 14.4. The zero-order valence-corrected chi connectivity index (χ0v) is 17.3. The Labute approximate surface area is 173 Å². The van der Waals surface area contributed by atoms with E-state index < -0.39 is 39.8 Å². The van der Waals surface area contributed by atoms with Crippen LogP contribution in [-0.4, -0.2) is 49.5 Å². The summed E-state index contributed by atoms with van der Waals surface area (Å²) in [5.41, 5.74) is -3.71. The zero-order chi connectivity index (χ0) is 22.6. The number of benzene rings is 2. The molecule has 0 saturated heterocycles. The molecule has 0 heterocycles. The molecule has 0 aliphatic heterocycles. The molecular formula is C20H23F3N2O4S. The second kappa shape index (κ2) is 9.15. The number of nitrogens with zero attached hydrogens (tertiary/aromatic N) is 1. The first-order valence-electron chi connectivity index (χ1n) is 9.20. The summed E-state index contributed by atoms with van der Waals surface area (Å²) in [6, 6.07) is 11.3. The summed E-state index contributed by atoms with van der Waals surface area (Å²) < 4.78 is 66.7. The summed E-state index contributed by atoms with van der Waals surface area (Å²) >= 11 is 0. The van der Waals surface area contributed by atoms with Crippen molar-refractivity contribution in [3.63, 3.8) is 0 Å².